The topological polar surface area (TPSA) is 125 Å². The van der Waals surface area contributed by atoms with Crippen molar-refractivity contribution in [3.8, 4) is 11.5 Å². The SMILES string of the molecule is NS(=O)(=O)c1ccc(Cl)c(C(=O)OCC(=O)Nc2ccccc2Oc2ccccc2)c1. The number of carbonyl (C=O) groups is 2. The second-order valence-corrected chi connectivity index (χ2v) is 8.19. The number of carbonyl (C=O) groups excluding carboxylic acids is 2. The Balaban J connectivity index is 1.66. The van der Waals surface area contributed by atoms with Crippen molar-refractivity contribution >= 4 is 39.2 Å². The van der Waals surface area contributed by atoms with Crippen molar-refractivity contribution < 1.29 is 27.5 Å². The molecule has 1 amide bonds. The second-order valence-electron chi connectivity index (χ2n) is 6.22. The van der Waals surface area contributed by atoms with Crippen LogP contribution < -0.4 is 15.2 Å². The summed E-state index contributed by atoms with van der Waals surface area (Å²) in [7, 11) is -4.04. The molecule has 3 aromatic carbocycles. The molecule has 10 heteroatoms. The third kappa shape index (κ3) is 6.05. The molecule has 0 unspecified atom stereocenters. The third-order valence-corrected chi connectivity index (χ3v) is 5.19. The average molecular weight is 461 g/mol. The number of esters is 1. The lowest BCUT2D eigenvalue weighted by molar-refractivity contribution is -0.119. The van der Waals surface area contributed by atoms with Gasteiger partial charge in [0.25, 0.3) is 5.91 Å². The van der Waals surface area contributed by atoms with E-state index in [0.717, 1.165) is 12.1 Å². The number of ether oxygens (including phenoxy) is 2. The van der Waals surface area contributed by atoms with Gasteiger partial charge in [-0.15, -0.1) is 0 Å². The van der Waals surface area contributed by atoms with Crippen molar-refractivity contribution in [1.82, 2.24) is 0 Å². The number of nitrogens with two attached hydrogens (primary N) is 1. The Morgan fingerprint density at radius 2 is 1.65 bits per heavy atom. The maximum atomic E-state index is 12.3. The predicted octanol–water partition coefficient (Wildman–Crippen LogP) is 3.58. The summed E-state index contributed by atoms with van der Waals surface area (Å²) < 4.78 is 33.6. The number of sulfonamides is 1. The lowest BCUT2D eigenvalue weighted by atomic mass is 10.2. The van der Waals surface area contributed by atoms with Crippen molar-refractivity contribution in [2.75, 3.05) is 11.9 Å². The number of para-hydroxylation sites is 3. The van der Waals surface area contributed by atoms with Crippen LogP contribution in [0, 0.1) is 0 Å². The summed E-state index contributed by atoms with van der Waals surface area (Å²) in [5, 5.41) is 7.61. The zero-order chi connectivity index (χ0) is 22.4. The van der Waals surface area contributed by atoms with Gasteiger partial charge in [0.15, 0.2) is 12.4 Å². The lowest BCUT2D eigenvalue weighted by Gasteiger charge is -2.12. The molecule has 0 atom stereocenters. The number of halogens is 1. The van der Waals surface area contributed by atoms with Crippen LogP contribution in [0.5, 0.6) is 11.5 Å². The molecule has 0 saturated heterocycles. The van der Waals surface area contributed by atoms with Gasteiger partial charge in [-0.25, -0.2) is 18.4 Å². The molecule has 0 bridgehead atoms. The minimum atomic E-state index is -4.04. The van der Waals surface area contributed by atoms with E-state index in [4.69, 9.17) is 26.2 Å². The van der Waals surface area contributed by atoms with Crippen LogP contribution in [0.2, 0.25) is 5.02 Å². The van der Waals surface area contributed by atoms with Crippen LogP contribution in [0.1, 0.15) is 10.4 Å². The molecule has 0 radical (unpaired) electrons. The Hall–Kier alpha value is -3.40. The lowest BCUT2D eigenvalue weighted by Crippen LogP contribution is -2.21. The highest BCUT2D eigenvalue weighted by Gasteiger charge is 2.18. The van der Waals surface area contributed by atoms with E-state index in [-0.39, 0.29) is 15.5 Å². The number of hydrogen-bond acceptors (Lipinski definition) is 6. The summed E-state index contributed by atoms with van der Waals surface area (Å²) in [6.45, 7) is -0.631. The number of primary sulfonamides is 1. The van der Waals surface area contributed by atoms with E-state index in [9.17, 15) is 18.0 Å². The number of anilines is 1. The number of nitrogens with one attached hydrogen (secondary N) is 1. The van der Waals surface area contributed by atoms with Crippen molar-refractivity contribution in [1.29, 1.82) is 0 Å². The largest absolute Gasteiger partial charge is 0.455 e. The zero-order valence-electron chi connectivity index (χ0n) is 15.9. The summed E-state index contributed by atoms with van der Waals surface area (Å²) in [6, 6.07) is 19.1. The molecular weight excluding hydrogens is 444 g/mol. The molecule has 3 N–H and O–H groups in total. The van der Waals surface area contributed by atoms with Crippen LogP contribution in [-0.2, 0) is 19.6 Å². The Labute approximate surface area is 183 Å². The van der Waals surface area contributed by atoms with E-state index in [2.05, 4.69) is 5.32 Å². The molecule has 31 heavy (non-hydrogen) atoms. The van der Waals surface area contributed by atoms with Gasteiger partial charge in [0.2, 0.25) is 10.0 Å². The number of amides is 1. The molecule has 0 aliphatic heterocycles. The highest BCUT2D eigenvalue weighted by Crippen LogP contribution is 2.29. The van der Waals surface area contributed by atoms with E-state index < -0.39 is 28.5 Å². The average Bonchev–Trinajstić information content (AvgIpc) is 2.73. The van der Waals surface area contributed by atoms with Crippen LogP contribution in [0.3, 0.4) is 0 Å². The fraction of sp³-hybridized carbons (Fsp3) is 0.0476. The first-order valence-corrected chi connectivity index (χ1v) is 10.8. The van der Waals surface area contributed by atoms with Crippen molar-refractivity contribution in [3.63, 3.8) is 0 Å². The Kier molecular flexibility index (Phi) is 6.91. The number of rotatable bonds is 7. The molecule has 0 heterocycles. The van der Waals surface area contributed by atoms with E-state index in [1.54, 1.807) is 36.4 Å². The van der Waals surface area contributed by atoms with Crippen LogP contribution >= 0.6 is 11.6 Å². The van der Waals surface area contributed by atoms with Gasteiger partial charge < -0.3 is 14.8 Å². The Morgan fingerprint density at radius 3 is 2.35 bits per heavy atom. The van der Waals surface area contributed by atoms with Gasteiger partial charge in [0, 0.05) is 0 Å². The van der Waals surface area contributed by atoms with Crippen LogP contribution in [-0.4, -0.2) is 26.9 Å². The first kappa shape index (κ1) is 22.3. The first-order chi connectivity index (χ1) is 14.7. The normalized spacial score (nSPS) is 10.9. The van der Waals surface area contributed by atoms with Gasteiger partial charge in [0.1, 0.15) is 5.75 Å². The molecule has 0 aliphatic carbocycles. The van der Waals surface area contributed by atoms with Crippen LogP contribution in [0.25, 0.3) is 0 Å². The molecule has 0 aliphatic rings. The zero-order valence-corrected chi connectivity index (χ0v) is 17.5. The quantitative estimate of drug-likeness (QED) is 0.519. The highest BCUT2D eigenvalue weighted by atomic mass is 35.5. The summed E-state index contributed by atoms with van der Waals surface area (Å²) in [4.78, 5) is 24.2. The van der Waals surface area contributed by atoms with Gasteiger partial charge in [0.05, 0.1) is 21.2 Å². The fourth-order valence-electron chi connectivity index (χ4n) is 2.51. The standard InChI is InChI=1S/C21H17ClN2O6S/c22-17-11-10-15(31(23,27)28)12-16(17)21(26)29-13-20(25)24-18-8-4-5-9-19(18)30-14-6-2-1-3-7-14/h1-12H,13H2,(H,24,25)(H2,23,27,28). The van der Waals surface area contributed by atoms with E-state index >= 15 is 0 Å². The first-order valence-electron chi connectivity index (χ1n) is 8.85. The Morgan fingerprint density at radius 1 is 0.968 bits per heavy atom. The predicted molar refractivity (Wildman–Crippen MR) is 115 cm³/mol. The minimum Gasteiger partial charge on any atom is -0.455 e. The number of hydrogen-bond donors (Lipinski definition) is 2. The smallest absolute Gasteiger partial charge is 0.340 e. The summed E-state index contributed by atoms with van der Waals surface area (Å²) in [5.74, 6) is -0.618. The van der Waals surface area contributed by atoms with E-state index in [1.165, 1.54) is 6.07 Å². The fourth-order valence-corrected chi connectivity index (χ4v) is 3.24. The monoisotopic (exact) mass is 460 g/mol. The molecule has 0 aromatic heterocycles. The molecule has 0 saturated carbocycles. The summed E-state index contributed by atoms with van der Waals surface area (Å²) >= 11 is 5.93. The molecule has 8 nitrogen and oxygen atoms in total. The molecule has 3 rings (SSSR count). The van der Waals surface area contributed by atoms with Crippen molar-refractivity contribution in [3.05, 3.63) is 83.4 Å². The van der Waals surface area contributed by atoms with Gasteiger partial charge in [-0.1, -0.05) is 41.9 Å². The minimum absolute atomic E-state index is 0.0422. The molecule has 160 valence electrons. The van der Waals surface area contributed by atoms with Gasteiger partial charge in [-0.2, -0.15) is 0 Å². The second kappa shape index (κ2) is 9.61. The third-order valence-electron chi connectivity index (χ3n) is 3.95. The summed E-state index contributed by atoms with van der Waals surface area (Å²) in [6.07, 6.45) is 0. The van der Waals surface area contributed by atoms with Crippen molar-refractivity contribution in [2.24, 2.45) is 5.14 Å². The van der Waals surface area contributed by atoms with Gasteiger partial charge >= 0.3 is 5.97 Å². The maximum absolute atomic E-state index is 12.3. The summed E-state index contributed by atoms with van der Waals surface area (Å²) in [5.41, 5.74) is 0.149. The van der Waals surface area contributed by atoms with Crippen LogP contribution in [0.15, 0.2) is 77.7 Å². The molecule has 3 aromatic rings. The van der Waals surface area contributed by atoms with Crippen LogP contribution in [0.4, 0.5) is 5.69 Å². The van der Waals surface area contributed by atoms with Crippen molar-refractivity contribution in [2.45, 2.75) is 4.90 Å². The molecule has 0 spiro atoms. The van der Waals surface area contributed by atoms with E-state index in [0.29, 0.717) is 17.2 Å². The Bertz CT molecular complexity index is 1220. The maximum Gasteiger partial charge on any atom is 0.340 e. The highest BCUT2D eigenvalue weighted by molar-refractivity contribution is 7.89. The van der Waals surface area contributed by atoms with Gasteiger partial charge in [-0.3, -0.25) is 4.79 Å². The molecule has 0 fully saturated rings. The van der Waals surface area contributed by atoms with E-state index in [1.807, 2.05) is 18.2 Å². The van der Waals surface area contributed by atoms with Gasteiger partial charge in [-0.05, 0) is 42.5 Å². The number of benzene rings is 3. The molecular formula is C21H17ClN2O6S.